The highest BCUT2D eigenvalue weighted by molar-refractivity contribution is 14.1. The second kappa shape index (κ2) is 4.76. The second-order valence-electron chi connectivity index (χ2n) is 4.37. The van der Waals surface area contributed by atoms with E-state index in [-0.39, 0.29) is 5.56 Å². The Morgan fingerprint density at radius 2 is 1.89 bits per heavy atom. The predicted octanol–water partition coefficient (Wildman–Crippen LogP) is 4.19. The van der Waals surface area contributed by atoms with Gasteiger partial charge in [-0.15, -0.1) is 0 Å². The summed E-state index contributed by atoms with van der Waals surface area (Å²) in [6.45, 7) is 5.99. The lowest BCUT2D eigenvalue weighted by atomic mass is 9.94. The summed E-state index contributed by atoms with van der Waals surface area (Å²) in [5, 5.41) is 11.2. The van der Waals surface area contributed by atoms with Gasteiger partial charge in [-0.2, -0.15) is 0 Å². The highest BCUT2D eigenvalue weighted by Crippen LogP contribution is 2.35. The molecule has 94 valence electrons. The summed E-state index contributed by atoms with van der Waals surface area (Å²) >= 11 is 1.73. The molecule has 0 unspecified atom stereocenters. The normalized spacial score (nSPS) is 10.7. The maximum Gasteiger partial charge on any atom is 0.339 e. The number of carbonyl (C=O) groups is 1. The third kappa shape index (κ3) is 1.94. The monoisotopic (exact) mass is 356 g/mol. The molecule has 0 saturated carbocycles. The van der Waals surface area contributed by atoms with Gasteiger partial charge in [0.1, 0.15) is 5.56 Å². The molecule has 0 fully saturated rings. The quantitative estimate of drug-likeness (QED) is 0.821. The van der Waals surface area contributed by atoms with Crippen LogP contribution in [0.2, 0.25) is 0 Å². The molecule has 2 aromatic carbocycles. The van der Waals surface area contributed by atoms with E-state index in [0.717, 1.165) is 21.9 Å². The van der Waals surface area contributed by atoms with Crippen molar-refractivity contribution in [3.8, 4) is 5.75 Å². The number of halogens is 1. The van der Waals surface area contributed by atoms with Gasteiger partial charge in [0.05, 0.1) is 0 Å². The first-order valence-corrected chi connectivity index (χ1v) is 6.40. The Hall–Kier alpha value is -1.30. The summed E-state index contributed by atoms with van der Waals surface area (Å²) in [6.07, 6.45) is 0. The highest BCUT2D eigenvalue weighted by Gasteiger charge is 2.18. The van der Waals surface area contributed by atoms with Crippen molar-refractivity contribution in [2.24, 2.45) is 0 Å². The summed E-state index contributed by atoms with van der Waals surface area (Å²) < 4.78 is 5.23. The molecule has 0 aliphatic rings. The van der Waals surface area contributed by atoms with E-state index in [0.29, 0.717) is 5.75 Å². The third-order valence-electron chi connectivity index (χ3n) is 3.34. The number of aromatic carboxylic acids is 1. The van der Waals surface area contributed by atoms with E-state index in [1.54, 1.807) is 29.1 Å². The third-order valence-corrected chi connectivity index (χ3v) is 3.78. The molecule has 0 saturated heterocycles. The molecule has 0 amide bonds. The zero-order valence-electron chi connectivity index (χ0n) is 10.4. The van der Waals surface area contributed by atoms with E-state index in [1.165, 1.54) is 5.56 Å². The molecule has 0 aromatic heterocycles. The van der Waals surface area contributed by atoms with Crippen LogP contribution < -0.4 is 3.07 Å². The molecule has 18 heavy (non-hydrogen) atoms. The van der Waals surface area contributed by atoms with Gasteiger partial charge in [-0.3, -0.25) is 0 Å². The van der Waals surface area contributed by atoms with Crippen molar-refractivity contribution in [3.63, 3.8) is 0 Å². The Morgan fingerprint density at radius 1 is 1.22 bits per heavy atom. The van der Waals surface area contributed by atoms with Gasteiger partial charge < -0.3 is 8.17 Å². The Kier molecular flexibility index (Phi) is 3.47. The van der Waals surface area contributed by atoms with Crippen molar-refractivity contribution < 1.29 is 13.0 Å². The molecular weight excluding hydrogens is 343 g/mol. The van der Waals surface area contributed by atoms with E-state index >= 15 is 0 Å². The van der Waals surface area contributed by atoms with Crippen molar-refractivity contribution in [1.82, 2.24) is 0 Å². The summed E-state index contributed by atoms with van der Waals surface area (Å²) in [5.41, 5.74) is 3.43. The van der Waals surface area contributed by atoms with E-state index < -0.39 is 5.97 Å². The molecule has 0 bridgehead atoms. The van der Waals surface area contributed by atoms with E-state index in [4.69, 9.17) is 3.07 Å². The number of benzene rings is 2. The van der Waals surface area contributed by atoms with Gasteiger partial charge in [0.15, 0.2) is 28.8 Å². The Bertz CT molecular complexity index is 647. The maximum atomic E-state index is 11.2. The van der Waals surface area contributed by atoms with Crippen molar-refractivity contribution in [2.45, 2.75) is 20.8 Å². The fraction of sp³-hybridized carbons (Fsp3) is 0.214. The van der Waals surface area contributed by atoms with Gasteiger partial charge >= 0.3 is 5.97 Å². The fourth-order valence-electron chi connectivity index (χ4n) is 2.25. The van der Waals surface area contributed by atoms with Crippen LogP contribution in [0.15, 0.2) is 18.2 Å². The first-order chi connectivity index (χ1) is 8.47. The molecule has 2 aromatic rings. The molecule has 1 N–H and O–H groups in total. The van der Waals surface area contributed by atoms with Gasteiger partial charge in [0.2, 0.25) is 0 Å². The Labute approximate surface area is 119 Å². The number of hydrogen-bond donors (Lipinski definition) is 1. The average Bonchev–Trinajstić information content (AvgIpc) is 2.33. The molecular formula is C14H13IO3. The van der Waals surface area contributed by atoms with Crippen molar-refractivity contribution in [2.75, 3.05) is 0 Å². The number of carboxylic acid groups (broad SMARTS) is 1. The zero-order chi connectivity index (χ0) is 13.4. The largest absolute Gasteiger partial charge is 0.478 e. The van der Waals surface area contributed by atoms with Crippen LogP contribution in [0.25, 0.3) is 10.8 Å². The molecule has 0 aliphatic heterocycles. The van der Waals surface area contributed by atoms with Crippen molar-refractivity contribution in [3.05, 3.63) is 40.5 Å². The molecule has 0 spiro atoms. The SMILES string of the molecule is Cc1ccc2cc(C(=O)O)c(OI)c(C)c2c1C. The summed E-state index contributed by atoms with van der Waals surface area (Å²) in [7, 11) is 0. The molecule has 0 atom stereocenters. The number of rotatable bonds is 2. The zero-order valence-corrected chi connectivity index (χ0v) is 12.5. The van der Waals surface area contributed by atoms with Gasteiger partial charge in [-0.05, 0) is 48.7 Å². The Morgan fingerprint density at radius 3 is 2.44 bits per heavy atom. The Balaban J connectivity index is 2.96. The summed E-state index contributed by atoms with van der Waals surface area (Å²) in [4.78, 5) is 11.2. The van der Waals surface area contributed by atoms with Crippen LogP contribution in [0.5, 0.6) is 5.75 Å². The lowest BCUT2D eigenvalue weighted by Gasteiger charge is -2.14. The smallest absolute Gasteiger partial charge is 0.339 e. The van der Waals surface area contributed by atoms with Gasteiger partial charge in [0, 0.05) is 5.56 Å². The average molecular weight is 356 g/mol. The molecule has 0 radical (unpaired) electrons. The van der Waals surface area contributed by atoms with Crippen LogP contribution in [0.1, 0.15) is 27.0 Å². The van der Waals surface area contributed by atoms with Crippen LogP contribution in [0.3, 0.4) is 0 Å². The number of carboxylic acids is 1. The maximum absolute atomic E-state index is 11.2. The minimum Gasteiger partial charge on any atom is -0.478 e. The van der Waals surface area contributed by atoms with E-state index in [2.05, 4.69) is 0 Å². The summed E-state index contributed by atoms with van der Waals surface area (Å²) in [6, 6.07) is 5.63. The first kappa shape index (κ1) is 13.1. The lowest BCUT2D eigenvalue weighted by molar-refractivity contribution is 0.0695. The molecule has 4 heteroatoms. The molecule has 2 rings (SSSR count). The van der Waals surface area contributed by atoms with Crippen molar-refractivity contribution in [1.29, 1.82) is 0 Å². The first-order valence-electron chi connectivity index (χ1n) is 5.52. The van der Waals surface area contributed by atoms with E-state index in [1.807, 2.05) is 32.9 Å². The minimum absolute atomic E-state index is 0.206. The molecule has 0 aliphatic carbocycles. The predicted molar refractivity (Wildman–Crippen MR) is 79.8 cm³/mol. The van der Waals surface area contributed by atoms with Gasteiger partial charge in [-0.25, -0.2) is 4.79 Å². The van der Waals surface area contributed by atoms with Crippen LogP contribution in [0.4, 0.5) is 0 Å². The molecule has 3 nitrogen and oxygen atoms in total. The topological polar surface area (TPSA) is 46.5 Å². The van der Waals surface area contributed by atoms with Crippen LogP contribution in [0, 0.1) is 20.8 Å². The van der Waals surface area contributed by atoms with Crippen LogP contribution in [-0.4, -0.2) is 11.1 Å². The minimum atomic E-state index is -0.968. The van der Waals surface area contributed by atoms with Crippen molar-refractivity contribution >= 4 is 39.7 Å². The lowest BCUT2D eigenvalue weighted by Crippen LogP contribution is -2.01. The number of hydrogen-bond acceptors (Lipinski definition) is 2. The van der Waals surface area contributed by atoms with Crippen LogP contribution in [-0.2, 0) is 0 Å². The fourth-order valence-corrected chi connectivity index (χ4v) is 2.82. The van der Waals surface area contributed by atoms with E-state index in [9.17, 15) is 9.90 Å². The summed E-state index contributed by atoms with van der Waals surface area (Å²) in [5.74, 6) is -0.533. The van der Waals surface area contributed by atoms with Crippen LogP contribution >= 0.6 is 23.0 Å². The number of fused-ring (bicyclic) bond motifs is 1. The number of aryl methyl sites for hydroxylation is 3. The standard InChI is InChI=1S/C14H13IO3/c1-7-4-5-10-6-11(14(16)17)13(18-15)9(3)12(10)8(7)2/h4-6H,1-3H3,(H,16,17). The second-order valence-corrected chi connectivity index (χ2v) is 4.81. The van der Waals surface area contributed by atoms with Gasteiger partial charge in [-0.1, -0.05) is 12.1 Å². The molecule has 0 heterocycles. The highest BCUT2D eigenvalue weighted by atomic mass is 127. The van der Waals surface area contributed by atoms with Gasteiger partial charge in [0.25, 0.3) is 0 Å².